The van der Waals surface area contributed by atoms with Gasteiger partial charge in [-0.2, -0.15) is 4.31 Å². The molecule has 0 fully saturated rings. The Kier molecular flexibility index (Phi) is 5.88. The second-order valence-electron chi connectivity index (χ2n) is 3.83. The quantitative estimate of drug-likeness (QED) is 0.589. The maximum absolute atomic E-state index is 12.0. The summed E-state index contributed by atoms with van der Waals surface area (Å²) in [5.41, 5.74) is 0. The first-order chi connectivity index (χ1) is 8.87. The lowest BCUT2D eigenvalue weighted by atomic mass is 10.4. The molecule has 0 radical (unpaired) electrons. The first-order valence-electron chi connectivity index (χ1n) is 5.43. The van der Waals surface area contributed by atoms with Crippen LogP contribution < -0.4 is 5.32 Å². The molecule has 9 heteroatoms. The molecule has 1 atom stereocenters. The largest absolute Gasteiger partial charge is 0.394 e. The van der Waals surface area contributed by atoms with Crippen LogP contribution in [0, 0.1) is 0 Å². The number of hydrogen-bond donors (Lipinski definition) is 3. The van der Waals surface area contributed by atoms with Gasteiger partial charge < -0.3 is 15.5 Å². The zero-order valence-electron chi connectivity index (χ0n) is 10.3. The van der Waals surface area contributed by atoms with E-state index in [9.17, 15) is 13.2 Å². The Bertz CT molecular complexity index is 500. The lowest BCUT2D eigenvalue weighted by molar-refractivity contribution is -0.121. The molecule has 1 heterocycles. The van der Waals surface area contributed by atoms with E-state index in [4.69, 9.17) is 10.2 Å². The molecule has 0 aromatic carbocycles. The molecule has 3 N–H and O–H groups in total. The molecule has 1 rings (SSSR count). The Balaban J connectivity index is 2.55. The van der Waals surface area contributed by atoms with E-state index >= 15 is 0 Å². The molecule has 0 bridgehead atoms. The number of aliphatic hydroxyl groups excluding tert-OH is 2. The van der Waals surface area contributed by atoms with E-state index in [2.05, 4.69) is 5.32 Å². The van der Waals surface area contributed by atoms with Crippen LogP contribution in [0.4, 0.5) is 0 Å². The zero-order chi connectivity index (χ0) is 14.5. The second kappa shape index (κ2) is 6.96. The Morgan fingerprint density at radius 2 is 2.26 bits per heavy atom. The summed E-state index contributed by atoms with van der Waals surface area (Å²) in [6.45, 7) is -0.940. The van der Waals surface area contributed by atoms with Gasteiger partial charge in [-0.15, -0.1) is 11.3 Å². The monoisotopic (exact) mass is 308 g/mol. The summed E-state index contributed by atoms with van der Waals surface area (Å²) >= 11 is 1.07. The Labute approximate surface area is 115 Å². The highest BCUT2D eigenvalue weighted by Gasteiger charge is 2.23. The van der Waals surface area contributed by atoms with Crippen molar-refractivity contribution in [1.29, 1.82) is 0 Å². The normalized spacial score (nSPS) is 13.5. The van der Waals surface area contributed by atoms with Crippen molar-refractivity contribution in [2.75, 3.05) is 26.7 Å². The molecule has 0 aliphatic carbocycles. The second-order valence-corrected chi connectivity index (χ2v) is 7.05. The number of likely N-dealkylation sites (N-methyl/N-ethyl adjacent to an activating group) is 1. The number of nitrogens with one attached hydrogen (secondary N) is 1. The fourth-order valence-corrected chi connectivity index (χ4v) is 3.53. The molecular weight excluding hydrogens is 292 g/mol. The summed E-state index contributed by atoms with van der Waals surface area (Å²) in [6, 6.07) is 3.08. The molecule has 0 aliphatic heterocycles. The number of thiophene rings is 1. The minimum absolute atomic E-state index is 0.123. The summed E-state index contributed by atoms with van der Waals surface area (Å²) in [5.74, 6) is -0.546. The van der Waals surface area contributed by atoms with Gasteiger partial charge in [0.2, 0.25) is 5.91 Å². The van der Waals surface area contributed by atoms with Crippen LogP contribution in [0.1, 0.15) is 0 Å². The van der Waals surface area contributed by atoms with E-state index in [0.717, 1.165) is 15.6 Å². The minimum atomic E-state index is -3.66. The van der Waals surface area contributed by atoms with Crippen molar-refractivity contribution in [3.63, 3.8) is 0 Å². The van der Waals surface area contributed by atoms with Crippen molar-refractivity contribution < 1.29 is 23.4 Å². The zero-order valence-corrected chi connectivity index (χ0v) is 11.9. The van der Waals surface area contributed by atoms with Crippen molar-refractivity contribution in [2.24, 2.45) is 0 Å². The molecule has 0 aliphatic rings. The van der Waals surface area contributed by atoms with Crippen LogP contribution in [0.5, 0.6) is 0 Å². The average Bonchev–Trinajstić information content (AvgIpc) is 2.90. The predicted molar refractivity (Wildman–Crippen MR) is 70.2 cm³/mol. The van der Waals surface area contributed by atoms with E-state index in [1.54, 1.807) is 11.4 Å². The fourth-order valence-electron chi connectivity index (χ4n) is 1.20. The number of rotatable bonds is 7. The van der Waals surface area contributed by atoms with Gasteiger partial charge >= 0.3 is 0 Å². The third-order valence-electron chi connectivity index (χ3n) is 2.27. The summed E-state index contributed by atoms with van der Waals surface area (Å²) < 4.78 is 25.1. The van der Waals surface area contributed by atoms with E-state index in [1.807, 2.05) is 0 Å². The van der Waals surface area contributed by atoms with E-state index in [1.165, 1.54) is 13.1 Å². The number of amides is 1. The lowest BCUT2D eigenvalue weighted by Crippen LogP contribution is -2.41. The maximum Gasteiger partial charge on any atom is 0.252 e. The number of carbonyl (C=O) groups excluding carboxylic acids is 1. The predicted octanol–water partition coefficient (Wildman–Crippen LogP) is -1.16. The minimum Gasteiger partial charge on any atom is -0.394 e. The van der Waals surface area contributed by atoms with Gasteiger partial charge in [-0.25, -0.2) is 8.42 Å². The van der Waals surface area contributed by atoms with Gasteiger partial charge in [0, 0.05) is 13.6 Å². The molecule has 0 saturated heterocycles. The first kappa shape index (κ1) is 16.1. The molecule has 0 spiro atoms. The SMILES string of the molecule is CN(CC(=O)NCC(O)CO)S(=O)(=O)c1cccs1. The van der Waals surface area contributed by atoms with E-state index < -0.39 is 28.6 Å². The van der Waals surface area contributed by atoms with Gasteiger partial charge in [-0.1, -0.05) is 6.07 Å². The van der Waals surface area contributed by atoms with Crippen molar-refractivity contribution in [3.05, 3.63) is 17.5 Å². The molecule has 7 nitrogen and oxygen atoms in total. The van der Waals surface area contributed by atoms with Crippen molar-refractivity contribution in [2.45, 2.75) is 10.3 Å². The topological polar surface area (TPSA) is 107 Å². The molecule has 1 aromatic heterocycles. The van der Waals surface area contributed by atoms with Crippen LogP contribution in [0.15, 0.2) is 21.7 Å². The lowest BCUT2D eigenvalue weighted by Gasteiger charge is -2.16. The van der Waals surface area contributed by atoms with Crippen molar-refractivity contribution >= 4 is 27.3 Å². The van der Waals surface area contributed by atoms with Gasteiger partial charge in [0.1, 0.15) is 4.21 Å². The van der Waals surface area contributed by atoms with E-state index in [0.29, 0.717) is 0 Å². The molecule has 1 aromatic rings. The fraction of sp³-hybridized carbons (Fsp3) is 0.500. The number of hydrogen-bond acceptors (Lipinski definition) is 6. The van der Waals surface area contributed by atoms with Gasteiger partial charge in [0.25, 0.3) is 10.0 Å². The van der Waals surface area contributed by atoms with Crippen LogP contribution >= 0.6 is 11.3 Å². The smallest absolute Gasteiger partial charge is 0.252 e. The van der Waals surface area contributed by atoms with Crippen LogP contribution in [-0.2, 0) is 14.8 Å². The highest BCUT2D eigenvalue weighted by atomic mass is 32.2. The summed E-state index contributed by atoms with van der Waals surface area (Å²) in [6.07, 6.45) is -1.05. The van der Waals surface area contributed by atoms with Crippen LogP contribution in [0.3, 0.4) is 0 Å². The van der Waals surface area contributed by atoms with Crippen LogP contribution in [0.25, 0.3) is 0 Å². The van der Waals surface area contributed by atoms with Crippen molar-refractivity contribution in [1.82, 2.24) is 9.62 Å². The standard InChI is InChI=1S/C10H16N2O5S2/c1-12(6-9(15)11-5-8(14)7-13)19(16,17)10-3-2-4-18-10/h2-4,8,13-14H,5-7H2,1H3,(H,11,15). The number of nitrogens with zero attached hydrogens (tertiary/aromatic N) is 1. The Morgan fingerprint density at radius 1 is 1.58 bits per heavy atom. The summed E-state index contributed by atoms with van der Waals surface area (Å²) in [4.78, 5) is 11.5. The summed E-state index contributed by atoms with van der Waals surface area (Å²) in [5, 5.41) is 21.6. The van der Waals surface area contributed by atoms with Crippen LogP contribution in [0.2, 0.25) is 0 Å². The highest BCUT2D eigenvalue weighted by Crippen LogP contribution is 2.19. The Morgan fingerprint density at radius 3 is 2.79 bits per heavy atom. The maximum atomic E-state index is 12.0. The van der Waals surface area contributed by atoms with Gasteiger partial charge in [-0.05, 0) is 11.4 Å². The number of sulfonamides is 1. The summed E-state index contributed by atoms with van der Waals surface area (Å²) in [7, 11) is -2.35. The number of aliphatic hydroxyl groups is 2. The average molecular weight is 308 g/mol. The van der Waals surface area contributed by atoms with Gasteiger partial charge in [-0.3, -0.25) is 4.79 Å². The molecular formula is C10H16N2O5S2. The van der Waals surface area contributed by atoms with Crippen molar-refractivity contribution in [3.8, 4) is 0 Å². The third kappa shape index (κ3) is 4.55. The molecule has 0 saturated carbocycles. The molecule has 19 heavy (non-hydrogen) atoms. The Hall–Kier alpha value is -1.00. The molecule has 1 unspecified atom stereocenters. The first-order valence-corrected chi connectivity index (χ1v) is 7.75. The van der Waals surface area contributed by atoms with E-state index in [-0.39, 0.29) is 17.3 Å². The van der Waals surface area contributed by atoms with Crippen LogP contribution in [-0.4, -0.2) is 61.7 Å². The molecule has 108 valence electrons. The highest BCUT2D eigenvalue weighted by molar-refractivity contribution is 7.91. The van der Waals surface area contributed by atoms with Gasteiger partial charge in [0.15, 0.2) is 0 Å². The third-order valence-corrected chi connectivity index (χ3v) is 5.45. The molecule has 1 amide bonds. The number of carbonyl (C=O) groups is 1. The van der Waals surface area contributed by atoms with Gasteiger partial charge in [0.05, 0.1) is 19.3 Å².